The van der Waals surface area contributed by atoms with Gasteiger partial charge in [-0.1, -0.05) is 12.1 Å². The molecule has 104 valence electrons. The van der Waals surface area contributed by atoms with Crippen LogP contribution in [0.3, 0.4) is 0 Å². The number of aromatic nitrogens is 1. The summed E-state index contributed by atoms with van der Waals surface area (Å²) in [5.74, 6) is 1.02. The van der Waals surface area contributed by atoms with Crippen molar-refractivity contribution < 1.29 is 9.84 Å². The van der Waals surface area contributed by atoms with Gasteiger partial charge in [0.15, 0.2) is 0 Å². The number of hydrogen-bond donors (Lipinski definition) is 2. The molecule has 0 aliphatic heterocycles. The molecule has 0 bridgehead atoms. The van der Waals surface area contributed by atoms with Crippen molar-refractivity contribution in [2.24, 2.45) is 0 Å². The lowest BCUT2D eigenvalue weighted by atomic mass is 10.1. The third kappa shape index (κ3) is 2.29. The first-order valence-electron chi connectivity index (χ1n) is 6.94. The van der Waals surface area contributed by atoms with Crippen molar-refractivity contribution in [2.75, 3.05) is 11.9 Å². The van der Waals surface area contributed by atoms with Gasteiger partial charge in [-0.2, -0.15) is 0 Å². The Morgan fingerprint density at radius 3 is 3.10 bits per heavy atom. The first-order valence-corrected chi connectivity index (χ1v) is 6.94. The second-order valence-electron chi connectivity index (χ2n) is 4.87. The fourth-order valence-corrected chi connectivity index (χ4v) is 2.73. The van der Waals surface area contributed by atoms with Crippen LogP contribution in [0.15, 0.2) is 36.5 Å². The quantitative estimate of drug-likeness (QED) is 0.895. The summed E-state index contributed by atoms with van der Waals surface area (Å²) in [4.78, 5) is 4.25. The summed E-state index contributed by atoms with van der Waals surface area (Å²) in [5, 5.41) is 13.4. The van der Waals surface area contributed by atoms with Gasteiger partial charge in [0.25, 0.3) is 0 Å². The molecule has 4 heteroatoms. The van der Waals surface area contributed by atoms with Gasteiger partial charge in [0, 0.05) is 6.20 Å². The molecular formula is C16H18N2O2. The molecule has 1 aliphatic rings. The van der Waals surface area contributed by atoms with Crippen molar-refractivity contribution in [3.63, 3.8) is 0 Å². The molecule has 0 saturated carbocycles. The maximum absolute atomic E-state index is 9.89. The number of phenols is 1. The molecular weight excluding hydrogens is 252 g/mol. The van der Waals surface area contributed by atoms with Gasteiger partial charge in [-0.05, 0) is 49.1 Å². The third-order valence-electron chi connectivity index (χ3n) is 3.63. The number of phenolic OH excluding ortho intramolecular Hbond substituents is 1. The number of anilines is 1. The number of benzene rings is 1. The molecule has 0 radical (unpaired) electrons. The smallest absolute Gasteiger partial charge is 0.237 e. The molecule has 4 nitrogen and oxygen atoms in total. The van der Waals surface area contributed by atoms with Gasteiger partial charge in [0.1, 0.15) is 5.75 Å². The van der Waals surface area contributed by atoms with E-state index < -0.39 is 0 Å². The van der Waals surface area contributed by atoms with Crippen LogP contribution in [0.25, 0.3) is 0 Å². The number of hydrogen-bond acceptors (Lipinski definition) is 4. The number of rotatable bonds is 4. The number of ether oxygens (including phenoxy) is 1. The molecule has 3 rings (SSSR count). The van der Waals surface area contributed by atoms with Crippen molar-refractivity contribution in [1.82, 2.24) is 4.98 Å². The first kappa shape index (κ1) is 12.8. The van der Waals surface area contributed by atoms with Crippen molar-refractivity contribution >= 4 is 5.69 Å². The highest BCUT2D eigenvalue weighted by molar-refractivity contribution is 5.56. The minimum Gasteiger partial charge on any atom is -0.508 e. The fraction of sp³-hybridized carbons (Fsp3) is 0.312. The van der Waals surface area contributed by atoms with Crippen LogP contribution in [0.1, 0.15) is 30.5 Å². The van der Waals surface area contributed by atoms with Gasteiger partial charge in [-0.15, -0.1) is 0 Å². The van der Waals surface area contributed by atoms with Crippen LogP contribution >= 0.6 is 0 Å². The fourth-order valence-electron chi connectivity index (χ4n) is 2.73. The lowest BCUT2D eigenvalue weighted by molar-refractivity contribution is 0.328. The molecule has 1 aromatic carbocycles. The van der Waals surface area contributed by atoms with Crippen LogP contribution < -0.4 is 10.1 Å². The van der Waals surface area contributed by atoms with Crippen molar-refractivity contribution in [2.45, 2.75) is 25.8 Å². The highest BCUT2D eigenvalue weighted by Gasteiger charge is 2.25. The monoisotopic (exact) mass is 270 g/mol. The average molecular weight is 270 g/mol. The molecule has 0 fully saturated rings. The van der Waals surface area contributed by atoms with Crippen LogP contribution in [-0.2, 0) is 6.42 Å². The Hall–Kier alpha value is -2.23. The van der Waals surface area contributed by atoms with Crippen molar-refractivity contribution in [1.29, 1.82) is 0 Å². The van der Waals surface area contributed by atoms with E-state index in [-0.39, 0.29) is 6.04 Å². The minimum atomic E-state index is 0.195. The summed E-state index contributed by atoms with van der Waals surface area (Å²) in [6.07, 6.45) is 3.59. The second-order valence-corrected chi connectivity index (χ2v) is 4.87. The zero-order valence-corrected chi connectivity index (χ0v) is 11.5. The van der Waals surface area contributed by atoms with E-state index in [0.717, 1.165) is 29.7 Å². The molecule has 0 amide bonds. The Labute approximate surface area is 118 Å². The van der Waals surface area contributed by atoms with Crippen molar-refractivity contribution in [3.05, 3.63) is 47.7 Å². The SMILES string of the molecule is CCOc1ncccc1NC1CCc2c(O)cccc21. The Morgan fingerprint density at radius 1 is 1.35 bits per heavy atom. The minimum absolute atomic E-state index is 0.195. The normalized spacial score (nSPS) is 16.8. The lowest BCUT2D eigenvalue weighted by Gasteiger charge is -2.17. The average Bonchev–Trinajstić information content (AvgIpc) is 2.86. The highest BCUT2D eigenvalue weighted by atomic mass is 16.5. The molecule has 1 atom stereocenters. The van der Waals surface area contributed by atoms with Crippen LogP contribution in [-0.4, -0.2) is 16.7 Å². The number of aromatic hydroxyl groups is 1. The van der Waals surface area contributed by atoms with Gasteiger partial charge >= 0.3 is 0 Å². The van der Waals surface area contributed by atoms with E-state index >= 15 is 0 Å². The van der Waals surface area contributed by atoms with Gasteiger partial charge in [-0.3, -0.25) is 0 Å². The maximum atomic E-state index is 9.89. The molecule has 0 spiro atoms. The van der Waals surface area contributed by atoms with Gasteiger partial charge in [0.2, 0.25) is 5.88 Å². The summed E-state index contributed by atoms with van der Waals surface area (Å²) in [6, 6.07) is 9.76. The predicted octanol–water partition coefficient (Wildman–Crippen LogP) is 3.29. The standard InChI is InChI=1S/C16H18N2O2/c1-2-20-16-14(6-4-10-17-16)18-13-9-8-12-11(13)5-3-7-15(12)19/h3-7,10,13,18-19H,2,8-9H2,1H3. The van der Waals surface area contributed by atoms with E-state index in [1.54, 1.807) is 12.3 Å². The highest BCUT2D eigenvalue weighted by Crippen LogP contribution is 2.39. The summed E-state index contributed by atoms with van der Waals surface area (Å²) in [6.45, 7) is 2.54. The molecule has 20 heavy (non-hydrogen) atoms. The number of pyridine rings is 1. The van der Waals surface area contributed by atoms with Crippen LogP contribution in [0.2, 0.25) is 0 Å². The van der Waals surface area contributed by atoms with E-state index in [2.05, 4.69) is 16.4 Å². The third-order valence-corrected chi connectivity index (χ3v) is 3.63. The molecule has 1 unspecified atom stereocenters. The molecule has 1 aromatic heterocycles. The number of fused-ring (bicyclic) bond motifs is 1. The summed E-state index contributed by atoms with van der Waals surface area (Å²) >= 11 is 0. The summed E-state index contributed by atoms with van der Waals surface area (Å²) in [7, 11) is 0. The first-order chi connectivity index (χ1) is 9.79. The van der Waals surface area contributed by atoms with E-state index in [1.165, 1.54) is 0 Å². The molecule has 2 N–H and O–H groups in total. The second kappa shape index (κ2) is 5.41. The van der Waals surface area contributed by atoms with E-state index in [1.807, 2.05) is 25.1 Å². The van der Waals surface area contributed by atoms with E-state index in [0.29, 0.717) is 18.2 Å². The van der Waals surface area contributed by atoms with E-state index in [9.17, 15) is 5.11 Å². The Kier molecular flexibility index (Phi) is 3.46. The topological polar surface area (TPSA) is 54.4 Å². The molecule has 1 heterocycles. The van der Waals surface area contributed by atoms with Crippen LogP contribution in [0.5, 0.6) is 11.6 Å². The largest absolute Gasteiger partial charge is 0.508 e. The Balaban J connectivity index is 1.86. The Morgan fingerprint density at radius 2 is 2.25 bits per heavy atom. The number of nitrogens with one attached hydrogen (secondary N) is 1. The van der Waals surface area contributed by atoms with Gasteiger partial charge in [-0.25, -0.2) is 4.98 Å². The zero-order valence-electron chi connectivity index (χ0n) is 11.5. The summed E-state index contributed by atoms with van der Waals surface area (Å²) < 4.78 is 5.54. The maximum Gasteiger partial charge on any atom is 0.237 e. The van der Waals surface area contributed by atoms with Crippen LogP contribution in [0, 0.1) is 0 Å². The molecule has 2 aromatic rings. The number of nitrogens with zero attached hydrogens (tertiary/aromatic N) is 1. The summed E-state index contributed by atoms with van der Waals surface area (Å²) in [5.41, 5.74) is 3.11. The van der Waals surface area contributed by atoms with Crippen LogP contribution in [0.4, 0.5) is 5.69 Å². The molecule has 0 saturated heterocycles. The van der Waals surface area contributed by atoms with Gasteiger partial charge in [0.05, 0.1) is 18.3 Å². The lowest BCUT2D eigenvalue weighted by Crippen LogP contribution is -2.09. The Bertz CT molecular complexity index is 613. The molecule has 1 aliphatic carbocycles. The van der Waals surface area contributed by atoms with Gasteiger partial charge < -0.3 is 15.2 Å². The predicted molar refractivity (Wildman–Crippen MR) is 78.2 cm³/mol. The zero-order chi connectivity index (χ0) is 13.9. The van der Waals surface area contributed by atoms with Crippen molar-refractivity contribution in [3.8, 4) is 11.6 Å². The van der Waals surface area contributed by atoms with E-state index in [4.69, 9.17) is 4.74 Å².